The largest absolute Gasteiger partial charge is 0.326 e. The molecule has 3 aromatic rings. The molecule has 1 aromatic carbocycles. The van der Waals surface area contributed by atoms with Crippen LogP contribution in [0.3, 0.4) is 0 Å². The monoisotopic (exact) mass is 445 g/mol. The molecule has 10 nitrogen and oxygen atoms in total. The lowest BCUT2D eigenvalue weighted by Crippen LogP contribution is -2.41. The van der Waals surface area contributed by atoms with Crippen molar-refractivity contribution in [3.63, 3.8) is 0 Å². The van der Waals surface area contributed by atoms with Crippen molar-refractivity contribution in [1.29, 1.82) is 0 Å². The Morgan fingerprint density at radius 1 is 1.23 bits per heavy atom. The van der Waals surface area contributed by atoms with E-state index >= 15 is 0 Å². The highest BCUT2D eigenvalue weighted by Crippen LogP contribution is 2.25. The van der Waals surface area contributed by atoms with Gasteiger partial charge in [0.05, 0.1) is 0 Å². The van der Waals surface area contributed by atoms with Crippen LogP contribution < -0.4 is 5.32 Å². The number of halogens is 1. The van der Waals surface area contributed by atoms with Gasteiger partial charge < -0.3 is 5.32 Å². The van der Waals surface area contributed by atoms with Crippen molar-refractivity contribution < 1.29 is 17.6 Å². The van der Waals surface area contributed by atoms with Gasteiger partial charge in [-0.1, -0.05) is 0 Å². The molecule has 31 heavy (non-hydrogen) atoms. The molecule has 1 N–H and O–H groups in total. The Morgan fingerprint density at radius 2 is 2.00 bits per heavy atom. The number of carbonyl (C=O) groups is 1. The molecule has 1 fully saturated rings. The molecule has 0 unspecified atom stereocenters. The van der Waals surface area contributed by atoms with Gasteiger partial charge in [-0.25, -0.2) is 12.8 Å². The number of hydrogen-bond acceptors (Lipinski definition) is 7. The van der Waals surface area contributed by atoms with Crippen molar-refractivity contribution in [2.45, 2.75) is 24.7 Å². The van der Waals surface area contributed by atoms with Crippen molar-refractivity contribution >= 4 is 21.6 Å². The summed E-state index contributed by atoms with van der Waals surface area (Å²) >= 11 is 0. The number of hydrogen-bond donors (Lipinski definition) is 1. The Morgan fingerprint density at radius 3 is 2.65 bits per heavy atom. The van der Waals surface area contributed by atoms with Crippen LogP contribution in [0.1, 0.15) is 18.7 Å². The van der Waals surface area contributed by atoms with Crippen molar-refractivity contribution in [3.05, 3.63) is 54.4 Å². The molecule has 0 bridgehead atoms. The fourth-order valence-corrected chi connectivity index (χ4v) is 4.89. The average Bonchev–Trinajstić information content (AvgIpc) is 3.21. The van der Waals surface area contributed by atoms with Gasteiger partial charge in [-0.2, -0.15) is 8.99 Å². The summed E-state index contributed by atoms with van der Waals surface area (Å²) in [6.45, 7) is 2.10. The van der Waals surface area contributed by atoms with Crippen molar-refractivity contribution in [3.8, 4) is 5.69 Å². The van der Waals surface area contributed by atoms with Gasteiger partial charge in [0.2, 0.25) is 15.9 Å². The number of amides is 1. The second-order valence-electron chi connectivity index (χ2n) is 7.16. The van der Waals surface area contributed by atoms with Crippen molar-refractivity contribution in [2.75, 3.05) is 18.4 Å². The van der Waals surface area contributed by atoms with Gasteiger partial charge in [0.25, 0.3) is 0 Å². The number of aromatic nitrogens is 5. The third-order valence-electron chi connectivity index (χ3n) is 5.16. The van der Waals surface area contributed by atoms with Gasteiger partial charge in [0.1, 0.15) is 16.4 Å². The molecular weight excluding hydrogens is 425 g/mol. The van der Waals surface area contributed by atoms with E-state index in [0.717, 1.165) is 0 Å². The van der Waals surface area contributed by atoms with E-state index in [-0.39, 0.29) is 35.5 Å². The van der Waals surface area contributed by atoms with E-state index in [4.69, 9.17) is 0 Å². The van der Waals surface area contributed by atoms with E-state index in [2.05, 4.69) is 25.8 Å². The van der Waals surface area contributed by atoms with Crippen LogP contribution in [0.5, 0.6) is 0 Å². The summed E-state index contributed by atoms with van der Waals surface area (Å²) in [5.41, 5.74) is 0.527. The maximum Gasteiger partial charge on any atom is 0.244 e. The molecule has 0 atom stereocenters. The highest BCUT2D eigenvalue weighted by atomic mass is 32.2. The van der Waals surface area contributed by atoms with E-state index in [1.165, 1.54) is 45.6 Å². The summed E-state index contributed by atoms with van der Waals surface area (Å²) in [6, 6.07) is 7.21. The Kier molecular flexibility index (Phi) is 5.74. The molecule has 0 aliphatic carbocycles. The van der Waals surface area contributed by atoms with E-state index in [1.54, 1.807) is 13.0 Å². The Balaban J connectivity index is 1.42. The van der Waals surface area contributed by atoms with E-state index in [9.17, 15) is 17.6 Å². The summed E-state index contributed by atoms with van der Waals surface area (Å²) in [4.78, 5) is 16.7. The van der Waals surface area contributed by atoms with Gasteiger partial charge in [0, 0.05) is 37.1 Å². The van der Waals surface area contributed by atoms with Crippen LogP contribution in [0, 0.1) is 18.7 Å². The molecule has 4 rings (SSSR count). The van der Waals surface area contributed by atoms with Crippen LogP contribution in [0.15, 0.2) is 47.6 Å². The maximum atomic E-state index is 14.2. The SMILES string of the molecule is Cc1nnnn1-c1cc(NC(=O)C2CCN(S(=O)(=O)c3cccnc3)CC2)ccc1F. The predicted molar refractivity (Wildman–Crippen MR) is 108 cm³/mol. The summed E-state index contributed by atoms with van der Waals surface area (Å²) in [7, 11) is -3.63. The van der Waals surface area contributed by atoms with E-state index < -0.39 is 15.8 Å². The Labute approximate surface area is 178 Å². The molecule has 12 heteroatoms. The zero-order valence-electron chi connectivity index (χ0n) is 16.6. The summed E-state index contributed by atoms with van der Waals surface area (Å²) < 4.78 is 42.2. The lowest BCUT2D eigenvalue weighted by atomic mass is 9.97. The minimum atomic E-state index is -3.63. The minimum absolute atomic E-state index is 0.123. The quantitative estimate of drug-likeness (QED) is 0.632. The smallest absolute Gasteiger partial charge is 0.244 e. The highest BCUT2D eigenvalue weighted by Gasteiger charge is 2.32. The number of benzene rings is 1. The number of carbonyl (C=O) groups excluding carboxylic acids is 1. The lowest BCUT2D eigenvalue weighted by molar-refractivity contribution is -0.120. The van der Waals surface area contributed by atoms with Gasteiger partial charge >= 0.3 is 0 Å². The third kappa shape index (κ3) is 4.30. The van der Waals surface area contributed by atoms with Crippen LogP contribution in [0.25, 0.3) is 5.69 Å². The first-order chi connectivity index (χ1) is 14.9. The van der Waals surface area contributed by atoms with Gasteiger partial charge in [0.15, 0.2) is 5.82 Å². The number of tetrazole rings is 1. The van der Waals surface area contributed by atoms with Crippen LogP contribution in [-0.2, 0) is 14.8 Å². The van der Waals surface area contributed by atoms with Gasteiger partial charge in [-0.15, -0.1) is 5.10 Å². The van der Waals surface area contributed by atoms with Crippen molar-refractivity contribution in [2.24, 2.45) is 5.92 Å². The maximum absolute atomic E-state index is 14.2. The molecule has 1 saturated heterocycles. The molecular formula is C19H20FN7O3S. The molecule has 2 aromatic heterocycles. The third-order valence-corrected chi connectivity index (χ3v) is 7.05. The minimum Gasteiger partial charge on any atom is -0.326 e. The van der Waals surface area contributed by atoms with Gasteiger partial charge in [-0.05, 0) is 60.5 Å². The topological polar surface area (TPSA) is 123 Å². The molecule has 1 amide bonds. The normalized spacial score (nSPS) is 15.7. The molecule has 162 valence electrons. The Hall–Kier alpha value is -3.25. The lowest BCUT2D eigenvalue weighted by Gasteiger charge is -2.30. The number of nitrogens with one attached hydrogen (secondary N) is 1. The first-order valence-electron chi connectivity index (χ1n) is 9.62. The second kappa shape index (κ2) is 8.47. The Bertz CT molecular complexity index is 1190. The molecule has 0 radical (unpaired) electrons. The first kappa shape index (κ1) is 21.0. The molecule has 0 saturated carbocycles. The van der Waals surface area contributed by atoms with E-state index in [0.29, 0.717) is 24.4 Å². The number of anilines is 1. The second-order valence-corrected chi connectivity index (χ2v) is 9.10. The predicted octanol–water partition coefficient (Wildman–Crippen LogP) is 1.54. The number of rotatable bonds is 5. The van der Waals surface area contributed by atoms with Crippen LogP contribution in [0.4, 0.5) is 10.1 Å². The van der Waals surface area contributed by atoms with Crippen LogP contribution in [0.2, 0.25) is 0 Å². The van der Waals surface area contributed by atoms with E-state index in [1.807, 2.05) is 0 Å². The molecule has 0 spiro atoms. The highest BCUT2D eigenvalue weighted by molar-refractivity contribution is 7.89. The molecule has 1 aliphatic heterocycles. The van der Waals surface area contributed by atoms with Crippen molar-refractivity contribution in [1.82, 2.24) is 29.5 Å². The zero-order chi connectivity index (χ0) is 22.0. The standard InChI is InChI=1S/C19H20FN7O3S/c1-13-23-24-25-27(13)18-11-15(4-5-17(18)20)22-19(28)14-6-9-26(10-7-14)31(29,30)16-3-2-8-21-12-16/h2-5,8,11-12,14H,6-7,9-10H2,1H3,(H,22,28). The van der Waals surface area contributed by atoms with Gasteiger partial charge in [-0.3, -0.25) is 9.78 Å². The summed E-state index contributed by atoms with van der Waals surface area (Å²) in [5.74, 6) is -0.722. The molecule has 1 aliphatic rings. The number of pyridine rings is 1. The summed E-state index contributed by atoms with van der Waals surface area (Å²) in [6.07, 6.45) is 3.58. The number of piperidine rings is 1. The fraction of sp³-hybridized carbons (Fsp3) is 0.316. The number of sulfonamides is 1. The number of aryl methyl sites for hydroxylation is 1. The number of nitrogens with zero attached hydrogens (tertiary/aromatic N) is 6. The molecule has 3 heterocycles. The summed E-state index contributed by atoms with van der Waals surface area (Å²) in [5, 5.41) is 13.8. The fourth-order valence-electron chi connectivity index (χ4n) is 3.46. The average molecular weight is 445 g/mol. The van der Waals surface area contributed by atoms with Crippen LogP contribution >= 0.6 is 0 Å². The zero-order valence-corrected chi connectivity index (χ0v) is 17.5. The first-order valence-corrected chi connectivity index (χ1v) is 11.1. The van der Waals surface area contributed by atoms with Crippen LogP contribution in [-0.4, -0.2) is 56.9 Å².